The first-order chi connectivity index (χ1) is 70.7. The standard InChI is InChI=1S/2C24H18N4O4.C23H19N5O4.C21H16FN3O4.C15H13N3O4/c1-32-19-5-4-17-13-28(21(29)20(17)11-19)14-24(22(30)26-23(31)27-24)8-6-15-2-3-16-7-9-25-12-18(16)10-15;1-32-18-7-6-17-13-28(21(29)19(17)11-18)14-24(22(30)26-23(31)27-24)9-8-15-10-16-4-2-3-5-20(16)25-12-15;1-27-19-6-3-14(9-16(19)11-24-27)7-8-23(21(30)25-22(31)26-23)13-28-12-15-4-5-17(32-2)10-18(15)20(28)29;1-29-16-6-5-14-11-25(18(26)17(14)10-16)12-21(19(27)23-20(28)24-21)8-7-13-3-2-4-15(22)9-13;1-3-15(13(20)16-14(21)17-15)8-18-7-9-4-5-10(22-2)6-11(9)12(18)19/h2-5,7,9-12H,13-14H2,1H3,(H2,26,27,30,31);2-7,10-12H,13-14H2,1H3,(H2,26,27,30,31);3-6,9-11H,12-13H2,1-2H3,(H2,25,26,30,31);2-6,9-10H,11-12H2,1H3,(H2,23,24,27,28);1,4-6H,7-8H2,2H3,(H2,16,17,20,21)/t2*24-;23-;21-;15-/m11111/s1. The first-order valence-electron chi connectivity index (χ1n) is 45.2. The molecule has 9 aromatic carbocycles. The Morgan fingerprint density at radius 3 is 1.02 bits per heavy atom. The predicted octanol–water partition coefficient (Wildman–Crippen LogP) is 6.11. The third kappa shape index (κ3) is 19.7. The van der Waals surface area contributed by atoms with Crippen LogP contribution in [0.15, 0.2) is 213 Å². The third-order valence-corrected chi connectivity index (χ3v) is 25.6. The van der Waals surface area contributed by atoms with E-state index in [1.54, 1.807) is 108 Å². The molecule has 12 aromatic rings. The molecule has 10 N–H and O–H groups in total. The third-order valence-electron chi connectivity index (χ3n) is 25.6. The Labute approximate surface area is 835 Å². The fourth-order valence-electron chi connectivity index (χ4n) is 17.9. The van der Waals surface area contributed by atoms with Crippen molar-refractivity contribution in [1.29, 1.82) is 0 Å². The molecule has 734 valence electrons. The minimum Gasteiger partial charge on any atom is -0.497 e. The number of terminal acetylenes is 1. The molecule has 5 saturated heterocycles. The van der Waals surface area contributed by atoms with Gasteiger partial charge in [-0.15, -0.1) is 6.42 Å². The van der Waals surface area contributed by atoms with Crippen molar-refractivity contribution in [2.24, 2.45) is 7.05 Å². The smallest absolute Gasteiger partial charge is 0.323 e. The summed E-state index contributed by atoms with van der Waals surface area (Å²) in [6, 6.07) is 51.0. The maximum Gasteiger partial charge on any atom is 0.323 e. The first-order valence-corrected chi connectivity index (χ1v) is 45.2. The van der Waals surface area contributed by atoms with E-state index in [0.29, 0.717) is 105 Å². The van der Waals surface area contributed by atoms with Gasteiger partial charge >= 0.3 is 30.2 Å². The molecule has 3 aromatic heterocycles. The molecule has 10 aliphatic rings. The van der Waals surface area contributed by atoms with Crippen molar-refractivity contribution in [1.82, 2.24) is 97.4 Å². The number of benzene rings is 9. The summed E-state index contributed by atoms with van der Waals surface area (Å²) >= 11 is 0. The largest absolute Gasteiger partial charge is 0.497 e. The number of nitrogens with one attached hydrogen (secondary N) is 10. The van der Waals surface area contributed by atoms with Gasteiger partial charge in [-0.3, -0.25) is 89.2 Å². The van der Waals surface area contributed by atoms with Gasteiger partial charge in [0.15, 0.2) is 5.54 Å². The van der Waals surface area contributed by atoms with Gasteiger partial charge in [0.1, 0.15) is 34.6 Å². The highest BCUT2D eigenvalue weighted by molar-refractivity contribution is 6.14. The maximum absolute atomic E-state index is 13.4. The molecule has 0 saturated carbocycles. The number of hydrogen-bond donors (Lipinski definition) is 10. The number of para-hydroxylation sites is 1. The minimum atomic E-state index is -1.63. The van der Waals surface area contributed by atoms with Gasteiger partial charge in [0.2, 0.25) is 22.2 Å². The Morgan fingerprint density at radius 1 is 0.333 bits per heavy atom. The van der Waals surface area contributed by atoms with Crippen molar-refractivity contribution >= 4 is 122 Å². The molecule has 0 radical (unpaired) electrons. The van der Waals surface area contributed by atoms with E-state index in [2.05, 4.69) is 122 Å². The van der Waals surface area contributed by atoms with E-state index in [0.717, 1.165) is 60.4 Å². The number of carbonyl (C=O) groups is 15. The Hall–Kier alpha value is -19.9. The summed E-state index contributed by atoms with van der Waals surface area (Å²) in [5.74, 6) is 23.5. The number of carbonyl (C=O) groups excluding carboxylic acids is 15. The molecule has 10 aliphatic heterocycles. The van der Waals surface area contributed by atoms with Gasteiger partial charge in [-0.05, 0) is 161 Å². The van der Waals surface area contributed by atoms with Gasteiger partial charge in [0.25, 0.3) is 59.1 Å². The van der Waals surface area contributed by atoms with Gasteiger partial charge in [-0.25, -0.2) is 28.4 Å². The summed E-state index contributed by atoms with van der Waals surface area (Å²) in [6.07, 6.45) is 12.2. The molecule has 147 heavy (non-hydrogen) atoms. The van der Waals surface area contributed by atoms with Gasteiger partial charge < -0.3 is 74.8 Å². The number of halogens is 1. The zero-order chi connectivity index (χ0) is 104. The second kappa shape index (κ2) is 39.6. The average Bonchev–Trinajstić information content (AvgIpc) is 1.93. The summed E-state index contributed by atoms with van der Waals surface area (Å²) in [6.45, 7) is 1.04. The van der Waals surface area contributed by atoms with E-state index in [-0.39, 0.29) is 68.8 Å². The molecule has 39 nitrogen and oxygen atoms in total. The molecule has 20 amide bonds. The molecule has 22 rings (SSSR count). The lowest BCUT2D eigenvalue weighted by molar-refractivity contribution is -0.123. The summed E-state index contributed by atoms with van der Waals surface area (Å²) < 4.78 is 41.1. The van der Waals surface area contributed by atoms with Crippen molar-refractivity contribution in [2.75, 3.05) is 68.3 Å². The van der Waals surface area contributed by atoms with Crippen LogP contribution in [0.1, 0.15) is 102 Å². The van der Waals surface area contributed by atoms with Crippen LogP contribution in [0.4, 0.5) is 28.4 Å². The van der Waals surface area contributed by atoms with E-state index < -0.39 is 93.2 Å². The van der Waals surface area contributed by atoms with E-state index in [4.69, 9.17) is 30.1 Å². The molecular weight excluding hydrogens is 1890 g/mol. The number of imide groups is 5. The second-order valence-corrected chi connectivity index (χ2v) is 35.0. The fourth-order valence-corrected chi connectivity index (χ4v) is 17.9. The fraction of sp³-hybridized carbons (Fsp3) is 0.196. The van der Waals surface area contributed by atoms with Gasteiger partial charge in [-0.2, -0.15) is 5.10 Å². The van der Waals surface area contributed by atoms with Crippen LogP contribution in [0, 0.1) is 65.5 Å². The van der Waals surface area contributed by atoms with E-state index in [1.807, 2.05) is 98.0 Å². The normalized spacial score (nSPS) is 20.0. The molecule has 0 unspecified atom stereocenters. The SMILES string of the molecule is C#C[C@]1(CN2Cc3ccc(OC)cc3C2=O)NC(=O)NC1=O.COc1ccc2c(c1)C(=O)N(C[C@@]1(C#Cc3ccc4c(cnn4C)c3)NC(=O)NC1=O)C2.COc1ccc2c(c1)C(=O)N(C[C@@]1(C#Cc3ccc4ccncc4c3)NC(=O)NC1=O)C2.COc1ccc2c(c1)C(=O)N(C[C@@]1(C#Cc3cccc(F)c3)NC(=O)NC1=O)C2.COc1ccc2c(c1)C(=O)N(C[C@@]1(C#Cc3cnc4ccccc4c3)NC(=O)NC1=O)C2. The number of nitrogens with zero attached hydrogens (tertiary/aromatic N) is 9. The van der Waals surface area contributed by atoms with E-state index in [1.165, 1.54) is 78.2 Å². The lowest BCUT2D eigenvalue weighted by Gasteiger charge is -2.26. The number of aryl methyl sites for hydroxylation is 1. The molecule has 5 fully saturated rings. The lowest BCUT2D eigenvalue weighted by Crippen LogP contribution is -2.54. The Kier molecular flexibility index (Phi) is 26.2. The van der Waals surface area contributed by atoms with Crippen molar-refractivity contribution in [2.45, 2.75) is 60.4 Å². The molecule has 40 heteroatoms. The number of rotatable bonds is 15. The summed E-state index contributed by atoms with van der Waals surface area (Å²) in [7, 11) is 9.47. The van der Waals surface area contributed by atoms with E-state index >= 15 is 0 Å². The highest BCUT2D eigenvalue weighted by atomic mass is 19.1. The molecule has 0 aliphatic carbocycles. The quantitative estimate of drug-likeness (QED) is 0.0409. The number of pyridine rings is 2. The number of fused-ring (bicyclic) bond motifs is 8. The maximum atomic E-state index is 13.4. The Balaban J connectivity index is 0.000000121. The number of ether oxygens (including phenoxy) is 5. The first kappa shape index (κ1) is 97.3. The van der Waals surface area contributed by atoms with Crippen LogP contribution >= 0.6 is 0 Å². The van der Waals surface area contributed by atoms with E-state index in [9.17, 15) is 76.3 Å². The zero-order valence-corrected chi connectivity index (χ0v) is 78.9. The predicted molar refractivity (Wildman–Crippen MR) is 523 cm³/mol. The lowest BCUT2D eigenvalue weighted by atomic mass is 9.98. The zero-order valence-electron chi connectivity index (χ0n) is 78.9. The van der Waals surface area contributed by atoms with Crippen molar-refractivity contribution in [3.63, 3.8) is 0 Å². The highest BCUT2D eigenvalue weighted by Crippen LogP contribution is 2.36. The van der Waals surface area contributed by atoms with Gasteiger partial charge in [-0.1, -0.05) is 114 Å². The number of hydrogen-bond acceptors (Lipinski definition) is 23. The average molecular weight is 1970 g/mol. The highest BCUT2D eigenvalue weighted by Gasteiger charge is 2.54. The monoisotopic (exact) mass is 1970 g/mol. The molecular formula is C107H84FN19O20. The van der Waals surface area contributed by atoms with Crippen molar-refractivity contribution in [3.8, 4) is 88.5 Å². The molecule has 0 bridgehead atoms. The van der Waals surface area contributed by atoms with Gasteiger partial charge in [0.05, 0.1) is 85.5 Å². The Morgan fingerprint density at radius 2 is 0.667 bits per heavy atom. The molecule has 13 heterocycles. The summed E-state index contributed by atoms with van der Waals surface area (Å²) in [5.41, 5.74) is 2.82. The van der Waals surface area contributed by atoms with Gasteiger partial charge in [0, 0.05) is 125 Å². The summed E-state index contributed by atoms with van der Waals surface area (Å²) in [4.78, 5) is 202. The van der Waals surface area contributed by atoms with Crippen LogP contribution in [0.2, 0.25) is 0 Å². The summed E-state index contributed by atoms with van der Waals surface area (Å²) in [5, 5.41) is 31.7. The number of urea groups is 5. The van der Waals surface area contributed by atoms with Crippen molar-refractivity contribution in [3.05, 3.63) is 297 Å². The van der Waals surface area contributed by atoms with Crippen LogP contribution in [0.25, 0.3) is 32.6 Å². The topological polar surface area (TPSA) is 482 Å². The van der Waals surface area contributed by atoms with Crippen LogP contribution in [0.5, 0.6) is 28.7 Å². The number of amides is 20. The van der Waals surface area contributed by atoms with Crippen LogP contribution in [-0.2, 0) is 63.7 Å². The van der Waals surface area contributed by atoms with Crippen LogP contribution in [-0.4, -0.2) is 229 Å². The minimum absolute atomic E-state index is 0.0808. The van der Waals surface area contributed by atoms with Crippen LogP contribution < -0.4 is 76.9 Å². The second-order valence-electron chi connectivity index (χ2n) is 35.0. The number of methoxy groups -OCH3 is 5. The Bertz CT molecular complexity index is 7850. The van der Waals surface area contributed by atoms with Crippen molar-refractivity contribution < 1.29 is 100.0 Å². The molecule has 0 spiro atoms. The number of aromatic nitrogens is 4. The molecule has 5 atom stereocenters. The van der Waals surface area contributed by atoms with Crippen LogP contribution in [0.3, 0.4) is 0 Å².